The molecule has 0 aliphatic rings. The fraction of sp³-hybridized carbons (Fsp3) is 0.294. The van der Waals surface area contributed by atoms with Crippen LogP contribution in [0.1, 0.15) is 30.9 Å². The van der Waals surface area contributed by atoms with Gasteiger partial charge in [0.2, 0.25) is 0 Å². The Morgan fingerprint density at radius 3 is 2.52 bits per heavy atom. The Morgan fingerprint density at radius 1 is 1.14 bits per heavy atom. The third-order valence-electron chi connectivity index (χ3n) is 3.24. The number of hydrogen-bond donors (Lipinski definition) is 0. The summed E-state index contributed by atoms with van der Waals surface area (Å²) in [6.07, 6.45) is 0. The Balaban J connectivity index is 2.16. The van der Waals surface area contributed by atoms with E-state index < -0.39 is 0 Å². The summed E-state index contributed by atoms with van der Waals surface area (Å²) >= 11 is 3.46. The summed E-state index contributed by atoms with van der Waals surface area (Å²) in [5, 5.41) is 0. The summed E-state index contributed by atoms with van der Waals surface area (Å²) in [7, 11) is 1.52. The second-order valence-electron chi connectivity index (χ2n) is 5.08. The van der Waals surface area contributed by atoms with Crippen LogP contribution >= 0.6 is 15.9 Å². The second-order valence-corrected chi connectivity index (χ2v) is 6.00. The lowest BCUT2D eigenvalue weighted by Crippen LogP contribution is -2.02. The van der Waals surface area contributed by atoms with Crippen LogP contribution in [0.15, 0.2) is 40.9 Å². The number of benzene rings is 2. The summed E-state index contributed by atoms with van der Waals surface area (Å²) < 4.78 is 25.7. The predicted octanol–water partition coefficient (Wildman–Crippen LogP) is 5.30. The van der Waals surface area contributed by atoms with E-state index in [0.717, 1.165) is 15.8 Å². The fourth-order valence-corrected chi connectivity index (χ4v) is 2.41. The molecule has 2 nitrogen and oxygen atoms in total. The van der Waals surface area contributed by atoms with Gasteiger partial charge in [-0.25, -0.2) is 4.39 Å². The molecule has 0 radical (unpaired) electrons. The van der Waals surface area contributed by atoms with Gasteiger partial charge in [0, 0.05) is 16.1 Å². The first-order chi connectivity index (χ1) is 10.0. The van der Waals surface area contributed by atoms with Gasteiger partial charge in [0.05, 0.1) is 7.11 Å². The number of hydrogen-bond acceptors (Lipinski definition) is 2. The van der Waals surface area contributed by atoms with Crippen molar-refractivity contribution in [1.29, 1.82) is 0 Å². The van der Waals surface area contributed by atoms with Crippen LogP contribution in [0.2, 0.25) is 0 Å². The van der Waals surface area contributed by atoms with Crippen LogP contribution in [-0.2, 0) is 6.61 Å². The first-order valence-electron chi connectivity index (χ1n) is 6.76. The molecule has 0 unspecified atom stereocenters. The monoisotopic (exact) mass is 352 g/mol. The quantitative estimate of drug-likeness (QED) is 0.726. The Morgan fingerprint density at radius 2 is 1.90 bits per heavy atom. The highest BCUT2D eigenvalue weighted by molar-refractivity contribution is 9.10. The van der Waals surface area contributed by atoms with E-state index in [9.17, 15) is 4.39 Å². The standard InChI is InChI=1S/C17H18BrFO2/c1-11(2)15-8-13(18)5-7-17(15)21-10-12-4-6-14(20-3)9-16(12)19/h4-9,11H,10H2,1-3H3. The van der Waals surface area contributed by atoms with Gasteiger partial charge in [-0.3, -0.25) is 0 Å². The smallest absolute Gasteiger partial charge is 0.133 e. The first-order valence-corrected chi connectivity index (χ1v) is 7.55. The number of rotatable bonds is 5. The van der Waals surface area contributed by atoms with Crippen molar-refractivity contribution < 1.29 is 13.9 Å². The average Bonchev–Trinajstić information content (AvgIpc) is 2.46. The van der Waals surface area contributed by atoms with Crippen molar-refractivity contribution in [1.82, 2.24) is 0 Å². The van der Waals surface area contributed by atoms with Gasteiger partial charge in [-0.05, 0) is 41.8 Å². The van der Waals surface area contributed by atoms with Gasteiger partial charge in [-0.15, -0.1) is 0 Å². The maximum Gasteiger partial charge on any atom is 0.133 e. The molecule has 0 fully saturated rings. The van der Waals surface area contributed by atoms with Gasteiger partial charge in [-0.2, -0.15) is 0 Å². The van der Waals surface area contributed by atoms with Crippen LogP contribution in [0.3, 0.4) is 0 Å². The molecule has 0 amide bonds. The molecule has 0 aromatic heterocycles. The van der Waals surface area contributed by atoms with Crippen LogP contribution in [0.25, 0.3) is 0 Å². The Hall–Kier alpha value is -1.55. The highest BCUT2D eigenvalue weighted by atomic mass is 79.9. The van der Waals surface area contributed by atoms with E-state index in [1.54, 1.807) is 12.1 Å². The molecule has 0 aliphatic carbocycles. The van der Waals surface area contributed by atoms with E-state index in [0.29, 0.717) is 17.2 Å². The van der Waals surface area contributed by atoms with E-state index >= 15 is 0 Å². The number of ether oxygens (including phenoxy) is 2. The molecule has 0 heterocycles. The van der Waals surface area contributed by atoms with Crippen molar-refractivity contribution in [3.05, 3.63) is 57.8 Å². The van der Waals surface area contributed by atoms with Crippen molar-refractivity contribution >= 4 is 15.9 Å². The molecular weight excluding hydrogens is 335 g/mol. The van der Waals surface area contributed by atoms with Crippen LogP contribution in [0, 0.1) is 5.82 Å². The van der Waals surface area contributed by atoms with Crippen molar-refractivity contribution in [2.75, 3.05) is 7.11 Å². The molecule has 0 saturated carbocycles. The third kappa shape index (κ3) is 3.97. The van der Waals surface area contributed by atoms with Gasteiger partial charge >= 0.3 is 0 Å². The molecule has 2 rings (SSSR count). The maximum absolute atomic E-state index is 13.9. The second kappa shape index (κ2) is 6.94. The average molecular weight is 353 g/mol. The molecule has 0 aliphatic heterocycles. The summed E-state index contributed by atoms with van der Waals surface area (Å²) in [5.41, 5.74) is 1.60. The molecule has 2 aromatic carbocycles. The lowest BCUT2D eigenvalue weighted by molar-refractivity contribution is 0.295. The van der Waals surface area contributed by atoms with E-state index in [4.69, 9.17) is 9.47 Å². The minimum atomic E-state index is -0.322. The van der Waals surface area contributed by atoms with E-state index in [-0.39, 0.29) is 12.4 Å². The molecule has 0 N–H and O–H groups in total. The molecule has 21 heavy (non-hydrogen) atoms. The molecular formula is C17H18BrFO2. The minimum absolute atomic E-state index is 0.192. The SMILES string of the molecule is COc1ccc(COc2ccc(Br)cc2C(C)C)c(F)c1. The maximum atomic E-state index is 13.9. The lowest BCUT2D eigenvalue weighted by Gasteiger charge is -2.15. The first kappa shape index (κ1) is 15.8. The van der Waals surface area contributed by atoms with E-state index in [1.807, 2.05) is 18.2 Å². The summed E-state index contributed by atoms with van der Waals surface area (Å²) in [6.45, 7) is 4.39. The van der Waals surface area contributed by atoms with Crippen LogP contribution in [0.4, 0.5) is 4.39 Å². The van der Waals surface area contributed by atoms with E-state index in [1.165, 1.54) is 13.2 Å². The van der Waals surface area contributed by atoms with Crippen LogP contribution < -0.4 is 9.47 Å². The molecule has 0 saturated heterocycles. The summed E-state index contributed by atoms with van der Waals surface area (Å²) in [6, 6.07) is 10.6. The van der Waals surface area contributed by atoms with E-state index in [2.05, 4.69) is 29.8 Å². The van der Waals surface area contributed by atoms with Gasteiger partial charge in [-0.1, -0.05) is 29.8 Å². The van der Waals surface area contributed by atoms with Gasteiger partial charge in [0.1, 0.15) is 23.9 Å². The lowest BCUT2D eigenvalue weighted by atomic mass is 10.0. The summed E-state index contributed by atoms with van der Waals surface area (Å²) in [5.74, 6) is 1.29. The Kier molecular flexibility index (Phi) is 5.23. The molecule has 2 aromatic rings. The molecule has 0 atom stereocenters. The van der Waals surface area contributed by atoms with Crippen molar-refractivity contribution in [2.24, 2.45) is 0 Å². The van der Waals surface area contributed by atoms with Crippen LogP contribution in [0.5, 0.6) is 11.5 Å². The summed E-state index contributed by atoms with van der Waals surface area (Å²) in [4.78, 5) is 0. The minimum Gasteiger partial charge on any atom is -0.497 e. The number of halogens is 2. The van der Waals surface area contributed by atoms with Crippen molar-refractivity contribution in [3.8, 4) is 11.5 Å². The highest BCUT2D eigenvalue weighted by Gasteiger charge is 2.10. The highest BCUT2D eigenvalue weighted by Crippen LogP contribution is 2.30. The molecule has 0 bridgehead atoms. The largest absolute Gasteiger partial charge is 0.497 e. The predicted molar refractivity (Wildman–Crippen MR) is 85.5 cm³/mol. The zero-order valence-electron chi connectivity index (χ0n) is 12.3. The van der Waals surface area contributed by atoms with Gasteiger partial charge < -0.3 is 9.47 Å². The molecule has 0 spiro atoms. The normalized spacial score (nSPS) is 10.8. The van der Waals surface area contributed by atoms with Crippen molar-refractivity contribution in [3.63, 3.8) is 0 Å². The van der Waals surface area contributed by atoms with Gasteiger partial charge in [0.25, 0.3) is 0 Å². The molecule has 112 valence electrons. The van der Waals surface area contributed by atoms with Crippen LogP contribution in [-0.4, -0.2) is 7.11 Å². The Bertz CT molecular complexity index is 626. The van der Waals surface area contributed by atoms with Crippen molar-refractivity contribution in [2.45, 2.75) is 26.4 Å². The Labute approximate surface area is 133 Å². The zero-order valence-corrected chi connectivity index (χ0v) is 13.9. The topological polar surface area (TPSA) is 18.5 Å². The number of methoxy groups -OCH3 is 1. The van der Waals surface area contributed by atoms with Gasteiger partial charge in [0.15, 0.2) is 0 Å². The zero-order chi connectivity index (χ0) is 15.4. The third-order valence-corrected chi connectivity index (χ3v) is 3.73. The molecule has 4 heteroatoms. The fourth-order valence-electron chi connectivity index (χ4n) is 2.03.